The fraction of sp³-hybridized carbons (Fsp3) is 0.0164. The van der Waals surface area contributed by atoms with E-state index in [9.17, 15) is 0 Å². The number of para-hydroxylation sites is 1. The Balaban J connectivity index is 0.999. The lowest BCUT2D eigenvalue weighted by Crippen LogP contribution is -2.28. The largest absolute Gasteiger partial charge is 0.310 e. The van der Waals surface area contributed by atoms with Crippen molar-refractivity contribution in [3.05, 3.63) is 271 Å². The van der Waals surface area contributed by atoms with Gasteiger partial charge in [-0.3, -0.25) is 0 Å². The van der Waals surface area contributed by atoms with E-state index in [2.05, 4.69) is 254 Å². The number of nitrogens with zero attached hydrogens (tertiary/aromatic N) is 1. The average molecular weight is 820 g/mol. The van der Waals surface area contributed by atoms with Crippen molar-refractivity contribution in [2.75, 3.05) is 4.90 Å². The minimum absolute atomic E-state index is 0.450. The maximum Gasteiger partial charge on any atom is 0.0713 e. The van der Waals surface area contributed by atoms with E-state index in [1.165, 1.54) is 86.9 Å². The van der Waals surface area contributed by atoms with Crippen LogP contribution in [0.15, 0.2) is 249 Å². The van der Waals surface area contributed by atoms with E-state index in [1.54, 1.807) is 0 Å². The molecule has 0 radical (unpaired) electrons. The van der Waals surface area contributed by atoms with Crippen LogP contribution in [0.25, 0.3) is 64.7 Å². The summed E-state index contributed by atoms with van der Waals surface area (Å²) in [7, 11) is 0. The van der Waals surface area contributed by atoms with Gasteiger partial charge in [-0.05, 0) is 110 Å². The molecule has 10 aromatic carbocycles. The van der Waals surface area contributed by atoms with Gasteiger partial charge in [0.15, 0.2) is 0 Å². The van der Waals surface area contributed by atoms with Crippen molar-refractivity contribution in [2.45, 2.75) is 5.41 Å². The second kappa shape index (κ2) is 15.3. The second-order valence-electron chi connectivity index (χ2n) is 16.4. The Morgan fingerprint density at radius 1 is 0.302 bits per heavy atom. The zero-order valence-corrected chi connectivity index (χ0v) is 35.3. The number of anilines is 3. The van der Waals surface area contributed by atoms with Crippen molar-refractivity contribution in [3.8, 4) is 44.5 Å². The Labute approximate surface area is 372 Å². The van der Waals surface area contributed by atoms with E-state index < -0.39 is 5.41 Å². The third-order valence-electron chi connectivity index (χ3n) is 13.0. The first-order chi connectivity index (χ1) is 31.2. The molecule has 0 atom stereocenters. The molecule has 63 heavy (non-hydrogen) atoms. The van der Waals surface area contributed by atoms with Gasteiger partial charge in [0.25, 0.3) is 0 Å². The monoisotopic (exact) mass is 819 g/mol. The van der Waals surface area contributed by atoms with Crippen LogP contribution in [-0.4, -0.2) is 0 Å². The Morgan fingerprint density at radius 2 is 0.810 bits per heavy atom. The SMILES string of the molecule is c1ccc(-c2ccc(-c3ccccc3N(c3ccc(-c4ccc5c(c4)C(c4ccccc4)(c4ccccc4)c4ccccc4-5)cc3)c3ccc4sc5ccccc5c4c3)cc2)cc1. The number of fused-ring (bicyclic) bond motifs is 6. The van der Waals surface area contributed by atoms with Gasteiger partial charge < -0.3 is 4.90 Å². The molecule has 1 nitrogen and oxygen atoms in total. The zero-order valence-electron chi connectivity index (χ0n) is 34.5. The summed E-state index contributed by atoms with van der Waals surface area (Å²) in [6.07, 6.45) is 0. The standard InChI is InChI=1S/C61H41NS/c1-4-16-42(17-5-1)43-28-30-45(31-29-43)51-22-11-14-26-58(51)62(50-37-39-60-55(41-50)54-24-12-15-27-59(54)63-60)49-35-32-44(33-36-49)46-34-38-53-52-23-10-13-25-56(52)61(57(53)40-46,47-18-6-2-7-19-47)48-20-8-3-9-21-48/h1-41H. The fourth-order valence-electron chi connectivity index (χ4n) is 10.1. The molecule has 1 aliphatic carbocycles. The lowest BCUT2D eigenvalue weighted by Gasteiger charge is -2.34. The average Bonchev–Trinajstić information content (AvgIpc) is 3.89. The molecular formula is C61H41NS. The van der Waals surface area contributed by atoms with Crippen molar-refractivity contribution in [2.24, 2.45) is 0 Å². The van der Waals surface area contributed by atoms with Crippen LogP contribution in [0.5, 0.6) is 0 Å². The first kappa shape index (κ1) is 37.0. The predicted molar refractivity (Wildman–Crippen MR) is 268 cm³/mol. The summed E-state index contributed by atoms with van der Waals surface area (Å²) in [6.45, 7) is 0. The number of hydrogen-bond donors (Lipinski definition) is 0. The Morgan fingerprint density at radius 3 is 1.56 bits per heavy atom. The molecule has 296 valence electrons. The smallest absolute Gasteiger partial charge is 0.0713 e. The summed E-state index contributed by atoms with van der Waals surface area (Å²) in [5.74, 6) is 0. The lowest BCUT2D eigenvalue weighted by atomic mass is 9.67. The Kier molecular flexibility index (Phi) is 8.98. The topological polar surface area (TPSA) is 3.24 Å². The van der Waals surface area contributed by atoms with Crippen LogP contribution >= 0.6 is 11.3 Å². The van der Waals surface area contributed by atoms with Crippen molar-refractivity contribution in [1.29, 1.82) is 0 Å². The van der Waals surface area contributed by atoms with Gasteiger partial charge in [-0.1, -0.05) is 200 Å². The van der Waals surface area contributed by atoms with E-state index in [0.29, 0.717) is 0 Å². The first-order valence-corrected chi connectivity index (χ1v) is 22.5. The van der Waals surface area contributed by atoms with E-state index in [0.717, 1.165) is 17.1 Å². The van der Waals surface area contributed by atoms with Gasteiger partial charge in [0.2, 0.25) is 0 Å². The summed E-state index contributed by atoms with van der Waals surface area (Å²) in [5.41, 5.74) is 17.8. The molecule has 0 bridgehead atoms. The maximum absolute atomic E-state index is 2.45. The molecule has 0 fully saturated rings. The van der Waals surface area contributed by atoms with Gasteiger partial charge in [0, 0.05) is 37.1 Å². The molecule has 0 spiro atoms. The number of benzene rings is 10. The van der Waals surface area contributed by atoms with Crippen LogP contribution in [0.3, 0.4) is 0 Å². The summed E-state index contributed by atoms with van der Waals surface area (Å²) < 4.78 is 2.60. The maximum atomic E-state index is 2.45. The molecular weight excluding hydrogens is 779 g/mol. The van der Waals surface area contributed by atoms with Gasteiger partial charge >= 0.3 is 0 Å². The molecule has 0 saturated carbocycles. The Hall–Kier alpha value is -7.78. The molecule has 0 aliphatic heterocycles. The number of thiophene rings is 1. The minimum atomic E-state index is -0.450. The van der Waals surface area contributed by atoms with E-state index in [4.69, 9.17) is 0 Å². The third-order valence-corrected chi connectivity index (χ3v) is 14.1. The van der Waals surface area contributed by atoms with Crippen LogP contribution in [0.2, 0.25) is 0 Å². The summed E-state index contributed by atoms with van der Waals surface area (Å²) >= 11 is 1.86. The zero-order chi connectivity index (χ0) is 41.7. The molecule has 2 heteroatoms. The first-order valence-electron chi connectivity index (χ1n) is 21.7. The van der Waals surface area contributed by atoms with Crippen molar-refractivity contribution in [3.63, 3.8) is 0 Å². The van der Waals surface area contributed by atoms with Crippen molar-refractivity contribution >= 4 is 48.6 Å². The van der Waals surface area contributed by atoms with Gasteiger partial charge in [-0.15, -0.1) is 11.3 Å². The molecule has 0 N–H and O–H groups in total. The lowest BCUT2D eigenvalue weighted by molar-refractivity contribution is 0.769. The highest BCUT2D eigenvalue weighted by Gasteiger charge is 2.46. The molecule has 0 amide bonds. The normalized spacial score (nSPS) is 12.6. The quantitative estimate of drug-likeness (QED) is 0.148. The summed E-state index contributed by atoms with van der Waals surface area (Å²) in [5, 5.41) is 2.57. The van der Waals surface area contributed by atoms with Crippen molar-refractivity contribution < 1.29 is 0 Å². The van der Waals surface area contributed by atoms with Crippen LogP contribution in [-0.2, 0) is 5.41 Å². The molecule has 1 aliphatic rings. The second-order valence-corrected chi connectivity index (χ2v) is 17.5. The molecule has 0 saturated heterocycles. The Bertz CT molecular complexity index is 3380. The summed E-state index contributed by atoms with van der Waals surface area (Å²) in [4.78, 5) is 2.44. The van der Waals surface area contributed by atoms with Gasteiger partial charge in [-0.2, -0.15) is 0 Å². The molecule has 0 unspecified atom stereocenters. The number of hydrogen-bond acceptors (Lipinski definition) is 2. The molecule has 11 aromatic rings. The molecule has 1 aromatic heterocycles. The van der Waals surface area contributed by atoms with Crippen molar-refractivity contribution in [1.82, 2.24) is 0 Å². The van der Waals surface area contributed by atoms with E-state index in [1.807, 2.05) is 11.3 Å². The molecule has 12 rings (SSSR count). The van der Waals surface area contributed by atoms with Gasteiger partial charge in [0.05, 0.1) is 11.1 Å². The predicted octanol–water partition coefficient (Wildman–Crippen LogP) is 16.9. The highest BCUT2D eigenvalue weighted by molar-refractivity contribution is 7.25. The minimum Gasteiger partial charge on any atom is -0.310 e. The number of rotatable bonds is 8. The highest BCUT2D eigenvalue weighted by Crippen LogP contribution is 2.57. The summed E-state index contributed by atoms with van der Waals surface area (Å²) in [6, 6.07) is 91.5. The van der Waals surface area contributed by atoms with Crippen LogP contribution in [0.4, 0.5) is 17.1 Å². The van der Waals surface area contributed by atoms with Gasteiger partial charge in [0.1, 0.15) is 0 Å². The molecule has 1 heterocycles. The van der Waals surface area contributed by atoms with E-state index >= 15 is 0 Å². The van der Waals surface area contributed by atoms with Crippen LogP contribution < -0.4 is 4.90 Å². The van der Waals surface area contributed by atoms with Gasteiger partial charge in [-0.25, -0.2) is 0 Å². The van der Waals surface area contributed by atoms with Crippen LogP contribution in [0, 0.1) is 0 Å². The fourth-order valence-corrected chi connectivity index (χ4v) is 11.2. The van der Waals surface area contributed by atoms with E-state index in [-0.39, 0.29) is 0 Å². The van der Waals surface area contributed by atoms with Crippen LogP contribution in [0.1, 0.15) is 22.3 Å². The highest BCUT2D eigenvalue weighted by atomic mass is 32.1. The third kappa shape index (κ3) is 6.14.